The summed E-state index contributed by atoms with van der Waals surface area (Å²) in [6.45, 7) is 3.57. The van der Waals surface area contributed by atoms with Crippen LogP contribution >= 0.6 is 11.8 Å². The third-order valence-electron chi connectivity index (χ3n) is 6.61. The molecule has 0 amide bonds. The number of carbonyl (C=O) groups excluding carboxylic acids is 2. The number of methoxy groups -OCH3 is 2. The van der Waals surface area contributed by atoms with Crippen molar-refractivity contribution in [2.24, 2.45) is 0 Å². The molecule has 2 aliphatic rings. The molecule has 0 aromatic heterocycles. The van der Waals surface area contributed by atoms with E-state index in [-0.39, 0.29) is 34.9 Å². The lowest BCUT2D eigenvalue weighted by molar-refractivity contribution is -0.219. The zero-order valence-corrected chi connectivity index (χ0v) is 20.2. The fraction of sp³-hybridized carbons (Fsp3) is 0.462. The highest BCUT2D eigenvalue weighted by atomic mass is 32.2. The fourth-order valence-corrected chi connectivity index (χ4v) is 6.05. The Labute approximate surface area is 198 Å². The van der Waals surface area contributed by atoms with Crippen LogP contribution in [0.4, 0.5) is 0 Å². The van der Waals surface area contributed by atoms with E-state index in [9.17, 15) is 9.59 Å². The molecule has 2 heterocycles. The Kier molecular flexibility index (Phi) is 7.07. The van der Waals surface area contributed by atoms with Crippen LogP contribution in [0, 0.1) is 0 Å². The summed E-state index contributed by atoms with van der Waals surface area (Å²) in [6, 6.07) is 18.9. The molecule has 7 heteroatoms. The number of rotatable bonds is 6. The maximum atomic E-state index is 13.2. The highest BCUT2D eigenvalue weighted by Crippen LogP contribution is 2.45. The molecule has 0 saturated carbocycles. The molecular weight excluding hydrogens is 440 g/mol. The van der Waals surface area contributed by atoms with Gasteiger partial charge in [-0.2, -0.15) is 0 Å². The first-order valence-corrected chi connectivity index (χ1v) is 12.0. The van der Waals surface area contributed by atoms with Crippen LogP contribution in [0.3, 0.4) is 0 Å². The molecule has 4 rings (SSSR count). The normalized spacial score (nSPS) is 34.9. The van der Waals surface area contributed by atoms with Gasteiger partial charge in [0.15, 0.2) is 35.3 Å². The van der Waals surface area contributed by atoms with E-state index in [2.05, 4.69) is 0 Å². The largest absolute Gasteiger partial charge is 0.355 e. The van der Waals surface area contributed by atoms with Crippen molar-refractivity contribution < 1.29 is 28.5 Å². The van der Waals surface area contributed by atoms with Crippen LogP contribution < -0.4 is 0 Å². The molecular formula is C26H30O6S. The van der Waals surface area contributed by atoms with E-state index in [0.29, 0.717) is 0 Å². The number of hydrogen-bond acceptors (Lipinski definition) is 7. The smallest absolute Gasteiger partial charge is 0.171 e. The van der Waals surface area contributed by atoms with E-state index in [1.54, 1.807) is 28.1 Å². The standard InChI is InChI=1S/C26H30O6S/c1-25(17-11-7-5-8-12-17)21(27)15-19(23(29-3)31-25)33-20-16-22(28)26(2,32-24(20)30-4)18-13-9-6-10-14-18/h5-14,19-20,23-24H,15-16H2,1-4H3/t19-,20+,23-,24+,25-,26+. The average molecular weight is 471 g/mol. The second-order valence-corrected chi connectivity index (χ2v) is 10.2. The Bertz CT molecular complexity index is 903. The summed E-state index contributed by atoms with van der Waals surface area (Å²) >= 11 is 1.46. The van der Waals surface area contributed by atoms with Crippen LogP contribution in [0.25, 0.3) is 0 Å². The van der Waals surface area contributed by atoms with Crippen molar-refractivity contribution >= 4 is 23.3 Å². The van der Waals surface area contributed by atoms with Gasteiger partial charge >= 0.3 is 0 Å². The third kappa shape index (κ3) is 4.53. The summed E-state index contributed by atoms with van der Waals surface area (Å²) in [4.78, 5) is 26.4. The number of benzene rings is 2. The van der Waals surface area contributed by atoms with E-state index in [1.807, 2.05) is 60.7 Å². The lowest BCUT2D eigenvalue weighted by atomic mass is 9.86. The minimum atomic E-state index is -1.08. The van der Waals surface area contributed by atoms with Gasteiger partial charge in [0.2, 0.25) is 0 Å². The predicted molar refractivity (Wildman–Crippen MR) is 126 cm³/mol. The van der Waals surface area contributed by atoms with E-state index < -0.39 is 23.8 Å². The molecule has 0 unspecified atom stereocenters. The first-order chi connectivity index (χ1) is 15.8. The van der Waals surface area contributed by atoms with E-state index >= 15 is 0 Å². The number of ether oxygens (including phenoxy) is 4. The van der Waals surface area contributed by atoms with Crippen LogP contribution in [0.15, 0.2) is 60.7 Å². The molecule has 0 N–H and O–H groups in total. The van der Waals surface area contributed by atoms with E-state index in [1.165, 1.54) is 11.8 Å². The summed E-state index contributed by atoms with van der Waals surface area (Å²) in [5.74, 6) is -0.0451. The van der Waals surface area contributed by atoms with Gasteiger partial charge in [-0.25, -0.2) is 0 Å². The van der Waals surface area contributed by atoms with Crippen LogP contribution in [0.2, 0.25) is 0 Å². The van der Waals surface area contributed by atoms with Gasteiger partial charge in [0.1, 0.15) is 0 Å². The zero-order chi connectivity index (χ0) is 23.6. The van der Waals surface area contributed by atoms with Crippen molar-refractivity contribution in [1.82, 2.24) is 0 Å². The van der Waals surface area contributed by atoms with Crippen LogP contribution in [0.5, 0.6) is 0 Å². The first-order valence-electron chi connectivity index (χ1n) is 11.1. The van der Waals surface area contributed by atoms with Crippen molar-refractivity contribution in [3.05, 3.63) is 71.8 Å². The highest BCUT2D eigenvalue weighted by molar-refractivity contribution is 8.00. The summed E-state index contributed by atoms with van der Waals surface area (Å²) in [6.07, 6.45) is -0.724. The summed E-state index contributed by atoms with van der Waals surface area (Å²) in [5.41, 5.74) is -0.565. The minimum Gasteiger partial charge on any atom is -0.355 e. The fourth-order valence-electron chi connectivity index (χ4n) is 4.51. The molecule has 0 aliphatic carbocycles. The molecule has 6 atom stereocenters. The predicted octanol–water partition coefficient (Wildman–Crippen LogP) is 4.21. The summed E-state index contributed by atoms with van der Waals surface area (Å²) in [7, 11) is 3.14. The molecule has 2 aliphatic heterocycles. The molecule has 33 heavy (non-hydrogen) atoms. The zero-order valence-electron chi connectivity index (χ0n) is 19.4. The van der Waals surface area contributed by atoms with Gasteiger partial charge < -0.3 is 18.9 Å². The molecule has 0 bridgehead atoms. The maximum absolute atomic E-state index is 13.2. The van der Waals surface area contributed by atoms with E-state index in [0.717, 1.165) is 11.1 Å². The number of hydrogen-bond donors (Lipinski definition) is 0. The summed E-state index contributed by atoms with van der Waals surface area (Å²) < 4.78 is 23.8. The van der Waals surface area contributed by atoms with Gasteiger partial charge in [-0.15, -0.1) is 11.8 Å². The molecule has 2 aromatic rings. The molecule has 0 spiro atoms. The quantitative estimate of drug-likeness (QED) is 0.626. The van der Waals surface area contributed by atoms with Crippen molar-refractivity contribution in [3.63, 3.8) is 0 Å². The Morgan fingerprint density at radius 3 is 1.42 bits per heavy atom. The van der Waals surface area contributed by atoms with Crippen LogP contribution in [-0.2, 0) is 39.7 Å². The second-order valence-electron chi connectivity index (χ2n) is 8.71. The third-order valence-corrected chi connectivity index (χ3v) is 8.09. The number of ketones is 2. The van der Waals surface area contributed by atoms with Gasteiger partial charge in [-0.3, -0.25) is 9.59 Å². The van der Waals surface area contributed by atoms with Crippen molar-refractivity contribution in [1.29, 1.82) is 0 Å². The van der Waals surface area contributed by atoms with Gasteiger partial charge in [-0.05, 0) is 25.0 Å². The number of Topliss-reactive ketones (excluding diaryl/α,β-unsaturated/α-hetero) is 2. The molecule has 2 saturated heterocycles. The Morgan fingerprint density at radius 1 is 0.727 bits per heavy atom. The molecule has 176 valence electrons. The number of thioether (sulfide) groups is 1. The maximum Gasteiger partial charge on any atom is 0.171 e. The van der Waals surface area contributed by atoms with Gasteiger partial charge in [0, 0.05) is 27.1 Å². The second kappa shape index (κ2) is 9.68. The van der Waals surface area contributed by atoms with Gasteiger partial charge in [0.05, 0.1) is 10.5 Å². The SMILES string of the molecule is CO[C@H]1O[C@@](C)(c2ccccc2)C(=O)C[C@@H]1S[C@@H]1CC(=O)[C@@](C)(c2ccccc2)O[C@H]1OC. The van der Waals surface area contributed by atoms with Gasteiger partial charge in [0.25, 0.3) is 0 Å². The Balaban J connectivity index is 1.52. The summed E-state index contributed by atoms with van der Waals surface area (Å²) in [5, 5.41) is -0.584. The van der Waals surface area contributed by atoms with Crippen molar-refractivity contribution in [3.8, 4) is 0 Å². The highest BCUT2D eigenvalue weighted by Gasteiger charge is 2.51. The lowest BCUT2D eigenvalue weighted by Gasteiger charge is -2.45. The monoisotopic (exact) mass is 470 g/mol. The topological polar surface area (TPSA) is 71.1 Å². The minimum absolute atomic E-state index is 0.0226. The Morgan fingerprint density at radius 2 is 1.09 bits per heavy atom. The number of carbonyl (C=O) groups is 2. The van der Waals surface area contributed by atoms with Crippen LogP contribution in [-0.4, -0.2) is 48.9 Å². The average Bonchev–Trinajstić information content (AvgIpc) is 2.84. The lowest BCUT2D eigenvalue weighted by Crippen LogP contribution is -2.53. The van der Waals surface area contributed by atoms with Crippen LogP contribution in [0.1, 0.15) is 37.8 Å². The van der Waals surface area contributed by atoms with Crippen molar-refractivity contribution in [2.45, 2.75) is 61.0 Å². The molecule has 6 nitrogen and oxygen atoms in total. The van der Waals surface area contributed by atoms with Crippen molar-refractivity contribution in [2.75, 3.05) is 14.2 Å². The molecule has 2 fully saturated rings. The van der Waals surface area contributed by atoms with Gasteiger partial charge in [-0.1, -0.05) is 60.7 Å². The first kappa shape index (κ1) is 24.1. The molecule has 0 radical (unpaired) electrons. The Hall–Kier alpha value is -2.03. The molecule has 2 aromatic carbocycles. The van der Waals surface area contributed by atoms with E-state index in [4.69, 9.17) is 18.9 Å².